The average Bonchev–Trinajstić information content (AvgIpc) is 3.07. The number of nitrogens with zero attached hydrogens (tertiary/aromatic N) is 1. The fraction of sp³-hybridized carbons (Fsp3) is 0.211. The summed E-state index contributed by atoms with van der Waals surface area (Å²) in [6.07, 6.45) is 11.3. The molecule has 0 spiro atoms. The van der Waals surface area contributed by atoms with Gasteiger partial charge in [0.15, 0.2) is 0 Å². The van der Waals surface area contributed by atoms with E-state index in [4.69, 9.17) is 0 Å². The van der Waals surface area contributed by atoms with E-state index in [-0.39, 0.29) is 23.8 Å². The molecule has 1 fully saturated rings. The second kappa shape index (κ2) is 13.5. The van der Waals surface area contributed by atoms with Gasteiger partial charge in [0.1, 0.15) is 0 Å². The maximum atomic E-state index is 13.5. The molecule has 2 aliphatic rings. The molecule has 6 rings (SSSR count). The maximum absolute atomic E-state index is 13.5. The highest BCUT2D eigenvalue weighted by Gasteiger charge is 2.35. The largest absolute Gasteiger partial charge is 0.325 e. The van der Waals surface area contributed by atoms with Crippen molar-refractivity contribution in [2.45, 2.75) is 31.2 Å². The molecule has 1 aliphatic carbocycles. The van der Waals surface area contributed by atoms with Crippen molar-refractivity contribution in [3.05, 3.63) is 145 Å². The molecule has 2 N–H and O–H groups in total. The SMILES string of the molecule is O=C(Nc1ccc(C2CCN(C(C(=O)Nc3ccccc3)C3C=CC=CC3)CC2)cc1)c1ccccc1-c1ccccc1. The Balaban J connectivity index is 1.09. The standard InChI is InChI=1S/C38H37N3O2/c42-37(35-19-11-10-18-34(35)30-12-4-1-5-13-30)39-33-22-20-28(21-23-33)29-24-26-41(27-25-29)36(31-14-6-2-7-15-31)38(43)40-32-16-8-3-9-17-32/h1-14,16-23,29,31,36H,15,24-27H2,(H,39,42)(H,40,43). The molecule has 0 aromatic heterocycles. The van der Waals surface area contributed by atoms with E-state index in [2.05, 4.69) is 52.0 Å². The molecule has 0 saturated carbocycles. The van der Waals surface area contributed by atoms with Gasteiger partial charge in [-0.05, 0) is 85.3 Å². The summed E-state index contributed by atoms with van der Waals surface area (Å²) in [5, 5.41) is 6.24. The van der Waals surface area contributed by atoms with Crippen LogP contribution in [0.3, 0.4) is 0 Å². The highest BCUT2D eigenvalue weighted by molar-refractivity contribution is 6.08. The minimum atomic E-state index is -0.210. The minimum absolute atomic E-state index is 0.0588. The molecule has 1 saturated heterocycles. The van der Waals surface area contributed by atoms with Gasteiger partial charge >= 0.3 is 0 Å². The number of carbonyl (C=O) groups excluding carboxylic acids is 2. The number of anilines is 2. The van der Waals surface area contributed by atoms with Gasteiger partial charge in [0.05, 0.1) is 6.04 Å². The zero-order valence-corrected chi connectivity index (χ0v) is 24.2. The summed E-state index contributed by atoms with van der Waals surface area (Å²) in [4.78, 5) is 29.1. The van der Waals surface area contributed by atoms with E-state index in [0.717, 1.165) is 54.9 Å². The van der Waals surface area contributed by atoms with Crippen LogP contribution in [-0.2, 0) is 4.79 Å². The number of hydrogen-bond acceptors (Lipinski definition) is 3. The van der Waals surface area contributed by atoms with E-state index >= 15 is 0 Å². The zero-order chi connectivity index (χ0) is 29.4. The van der Waals surface area contributed by atoms with Crippen molar-refractivity contribution in [3.63, 3.8) is 0 Å². The minimum Gasteiger partial charge on any atom is -0.325 e. The molecular formula is C38H37N3O2. The van der Waals surface area contributed by atoms with Gasteiger partial charge in [-0.2, -0.15) is 0 Å². The van der Waals surface area contributed by atoms with Gasteiger partial charge < -0.3 is 10.6 Å². The Morgan fingerprint density at radius 2 is 1.35 bits per heavy atom. The lowest BCUT2D eigenvalue weighted by atomic mass is 9.85. The molecule has 5 heteroatoms. The fourth-order valence-electron chi connectivity index (χ4n) is 6.30. The van der Waals surface area contributed by atoms with E-state index < -0.39 is 0 Å². The summed E-state index contributed by atoms with van der Waals surface area (Å²) in [6, 6.07) is 35.5. The van der Waals surface area contributed by atoms with Gasteiger partial charge in [0.2, 0.25) is 5.91 Å². The number of benzene rings is 4. The summed E-state index contributed by atoms with van der Waals surface area (Å²) in [5.41, 5.74) is 5.47. The number of para-hydroxylation sites is 1. The lowest BCUT2D eigenvalue weighted by molar-refractivity contribution is -0.123. The third kappa shape index (κ3) is 6.85. The van der Waals surface area contributed by atoms with E-state index in [1.165, 1.54) is 5.56 Å². The van der Waals surface area contributed by atoms with Crippen LogP contribution in [0.1, 0.15) is 41.1 Å². The normalized spacial score (nSPS) is 17.7. The van der Waals surface area contributed by atoms with Gasteiger partial charge in [-0.25, -0.2) is 0 Å². The summed E-state index contributed by atoms with van der Waals surface area (Å²) in [7, 11) is 0. The molecule has 216 valence electrons. The molecule has 5 nitrogen and oxygen atoms in total. The maximum Gasteiger partial charge on any atom is 0.256 e. The predicted octanol–water partition coefficient (Wildman–Crippen LogP) is 7.92. The molecule has 0 radical (unpaired) electrons. The topological polar surface area (TPSA) is 61.4 Å². The third-order valence-corrected chi connectivity index (χ3v) is 8.55. The Bertz CT molecular complexity index is 1590. The van der Waals surface area contributed by atoms with Crippen molar-refractivity contribution in [2.24, 2.45) is 5.92 Å². The van der Waals surface area contributed by atoms with E-state index in [9.17, 15) is 9.59 Å². The molecule has 1 heterocycles. The lowest BCUT2D eigenvalue weighted by Gasteiger charge is -2.40. The number of amides is 2. The van der Waals surface area contributed by atoms with E-state index in [1.54, 1.807) is 0 Å². The summed E-state index contributed by atoms with van der Waals surface area (Å²) in [5.74, 6) is 0.509. The number of likely N-dealkylation sites (tertiary alicyclic amines) is 1. The first-order valence-corrected chi connectivity index (χ1v) is 15.1. The van der Waals surface area contributed by atoms with Crippen molar-refractivity contribution in [1.82, 2.24) is 4.90 Å². The molecule has 1 aliphatic heterocycles. The van der Waals surface area contributed by atoms with Crippen LogP contribution in [0, 0.1) is 5.92 Å². The first-order valence-electron chi connectivity index (χ1n) is 15.1. The van der Waals surface area contributed by atoms with Crippen molar-refractivity contribution in [2.75, 3.05) is 23.7 Å². The van der Waals surface area contributed by atoms with Crippen molar-refractivity contribution >= 4 is 23.2 Å². The lowest BCUT2D eigenvalue weighted by Crippen LogP contribution is -2.51. The Morgan fingerprint density at radius 1 is 0.698 bits per heavy atom. The molecule has 2 amide bonds. The number of carbonyl (C=O) groups is 2. The van der Waals surface area contributed by atoms with E-state index in [1.807, 2.05) is 97.1 Å². The van der Waals surface area contributed by atoms with Crippen molar-refractivity contribution < 1.29 is 9.59 Å². The van der Waals surface area contributed by atoms with Crippen molar-refractivity contribution in [3.8, 4) is 11.1 Å². The third-order valence-electron chi connectivity index (χ3n) is 8.55. The van der Waals surface area contributed by atoms with Crippen molar-refractivity contribution in [1.29, 1.82) is 0 Å². The van der Waals surface area contributed by atoms with Crippen LogP contribution < -0.4 is 10.6 Å². The summed E-state index contributed by atoms with van der Waals surface area (Å²) in [6.45, 7) is 1.72. The monoisotopic (exact) mass is 567 g/mol. The molecule has 0 bridgehead atoms. The van der Waals surface area contributed by atoms with Gasteiger partial charge in [0, 0.05) is 22.9 Å². The number of hydrogen-bond donors (Lipinski definition) is 2. The average molecular weight is 568 g/mol. The van der Waals surface area contributed by atoms with Gasteiger partial charge in [0.25, 0.3) is 5.91 Å². The Morgan fingerprint density at radius 3 is 2.05 bits per heavy atom. The van der Waals surface area contributed by atoms with Gasteiger partial charge in [-0.15, -0.1) is 0 Å². The predicted molar refractivity (Wildman–Crippen MR) is 175 cm³/mol. The molecule has 2 atom stereocenters. The van der Waals surface area contributed by atoms with E-state index in [0.29, 0.717) is 11.5 Å². The first-order chi connectivity index (χ1) is 21.2. The second-order valence-corrected chi connectivity index (χ2v) is 11.3. The van der Waals surface area contributed by atoms with Crippen LogP contribution in [0.4, 0.5) is 11.4 Å². The van der Waals surface area contributed by atoms with Gasteiger partial charge in [-0.1, -0.05) is 103 Å². The smallest absolute Gasteiger partial charge is 0.256 e. The number of piperidine rings is 1. The van der Waals surface area contributed by atoms with Gasteiger partial charge in [-0.3, -0.25) is 14.5 Å². The van der Waals surface area contributed by atoms with Crippen LogP contribution in [0.25, 0.3) is 11.1 Å². The van der Waals surface area contributed by atoms with Crippen LogP contribution in [0.2, 0.25) is 0 Å². The van der Waals surface area contributed by atoms with Crippen LogP contribution in [0.15, 0.2) is 133 Å². The number of rotatable bonds is 8. The summed E-state index contributed by atoms with van der Waals surface area (Å²) >= 11 is 0. The molecule has 2 unspecified atom stereocenters. The quantitative estimate of drug-likeness (QED) is 0.227. The number of nitrogens with one attached hydrogen (secondary N) is 2. The first kappa shape index (κ1) is 28.4. The molecule has 4 aromatic carbocycles. The van der Waals surface area contributed by atoms with Crippen LogP contribution in [-0.4, -0.2) is 35.8 Å². The highest BCUT2D eigenvalue weighted by Crippen LogP contribution is 2.33. The zero-order valence-electron chi connectivity index (χ0n) is 24.2. The highest BCUT2D eigenvalue weighted by atomic mass is 16.2. The summed E-state index contributed by atoms with van der Waals surface area (Å²) < 4.78 is 0. The molecule has 43 heavy (non-hydrogen) atoms. The Labute approximate surface area is 254 Å². The molecular weight excluding hydrogens is 530 g/mol. The van der Waals surface area contributed by atoms with Crippen LogP contribution >= 0.6 is 0 Å². The fourth-order valence-corrected chi connectivity index (χ4v) is 6.30. The Hall–Kier alpha value is -4.74. The second-order valence-electron chi connectivity index (χ2n) is 11.3. The number of allylic oxidation sites excluding steroid dienone is 3. The Kier molecular flexibility index (Phi) is 8.90. The van der Waals surface area contributed by atoms with Crippen LogP contribution in [0.5, 0.6) is 0 Å². The molecule has 4 aromatic rings.